The second-order valence-electron chi connectivity index (χ2n) is 3.51. The molecule has 94 valence electrons. The summed E-state index contributed by atoms with van der Waals surface area (Å²) in [6.45, 7) is 2.55. The Morgan fingerprint density at radius 2 is 2.22 bits per heavy atom. The van der Waals surface area contributed by atoms with Gasteiger partial charge in [0.1, 0.15) is 22.9 Å². The first-order valence-corrected chi connectivity index (χ1v) is 5.84. The summed E-state index contributed by atoms with van der Waals surface area (Å²) in [5.41, 5.74) is 6.42. The first-order chi connectivity index (χ1) is 8.70. The molecule has 6 heteroatoms. The molecular weight excluding hydrogens is 252 g/mol. The molecule has 0 unspecified atom stereocenters. The van der Waals surface area contributed by atoms with Crippen LogP contribution in [-0.4, -0.2) is 16.6 Å². The lowest BCUT2D eigenvalue weighted by atomic mass is 10.3. The number of aromatic nitrogens is 2. The van der Waals surface area contributed by atoms with Gasteiger partial charge in [0.25, 0.3) is 0 Å². The van der Waals surface area contributed by atoms with Crippen LogP contribution in [0.5, 0.6) is 5.75 Å². The lowest BCUT2D eigenvalue weighted by Crippen LogP contribution is -2.00. The zero-order valence-electron chi connectivity index (χ0n) is 9.85. The number of halogens is 1. The lowest BCUT2D eigenvalue weighted by molar-refractivity contribution is 0.340. The van der Waals surface area contributed by atoms with Gasteiger partial charge in [-0.1, -0.05) is 17.7 Å². The molecule has 18 heavy (non-hydrogen) atoms. The molecule has 0 fully saturated rings. The Morgan fingerprint density at radius 1 is 1.39 bits per heavy atom. The van der Waals surface area contributed by atoms with Gasteiger partial charge in [-0.3, -0.25) is 0 Å². The van der Waals surface area contributed by atoms with Gasteiger partial charge in [0.2, 0.25) is 0 Å². The molecule has 0 saturated heterocycles. The standard InChI is InChI=1S/C12H13ClN4O/c1-2-18-9-5-3-4-8(6-9)17-12-10(13)11(14)15-7-16-12/h3-7H,2H2,1H3,(H3,14,15,16,17). The van der Waals surface area contributed by atoms with Crippen LogP contribution in [-0.2, 0) is 0 Å². The number of nitrogens with one attached hydrogen (secondary N) is 1. The number of nitrogen functional groups attached to an aromatic ring is 1. The third-order valence-electron chi connectivity index (χ3n) is 2.22. The summed E-state index contributed by atoms with van der Waals surface area (Å²) in [5, 5.41) is 3.37. The molecule has 0 spiro atoms. The van der Waals surface area contributed by atoms with Gasteiger partial charge < -0.3 is 15.8 Å². The van der Waals surface area contributed by atoms with E-state index >= 15 is 0 Å². The van der Waals surface area contributed by atoms with Crippen LogP contribution >= 0.6 is 11.6 Å². The minimum absolute atomic E-state index is 0.245. The molecule has 1 heterocycles. The maximum atomic E-state index is 6.00. The van der Waals surface area contributed by atoms with E-state index in [9.17, 15) is 0 Å². The van der Waals surface area contributed by atoms with E-state index in [-0.39, 0.29) is 5.82 Å². The molecule has 2 aromatic rings. The largest absolute Gasteiger partial charge is 0.494 e. The van der Waals surface area contributed by atoms with E-state index < -0.39 is 0 Å². The number of rotatable bonds is 4. The smallest absolute Gasteiger partial charge is 0.154 e. The van der Waals surface area contributed by atoms with E-state index in [0.29, 0.717) is 17.4 Å². The van der Waals surface area contributed by atoms with Crippen LogP contribution in [0.25, 0.3) is 0 Å². The van der Waals surface area contributed by atoms with Gasteiger partial charge in [-0.15, -0.1) is 0 Å². The fraction of sp³-hybridized carbons (Fsp3) is 0.167. The summed E-state index contributed by atoms with van der Waals surface area (Å²) in [4.78, 5) is 7.83. The topological polar surface area (TPSA) is 73.1 Å². The molecular formula is C12H13ClN4O. The van der Waals surface area contributed by atoms with Crippen LogP contribution in [0, 0.1) is 0 Å². The van der Waals surface area contributed by atoms with E-state index in [1.807, 2.05) is 31.2 Å². The predicted octanol–water partition coefficient (Wildman–Crippen LogP) is 2.85. The Hall–Kier alpha value is -2.01. The third kappa shape index (κ3) is 2.81. The summed E-state index contributed by atoms with van der Waals surface area (Å²) < 4.78 is 5.41. The number of nitrogens with zero attached hydrogens (tertiary/aromatic N) is 2. The second kappa shape index (κ2) is 5.55. The van der Waals surface area contributed by atoms with E-state index in [1.165, 1.54) is 6.33 Å². The van der Waals surface area contributed by atoms with E-state index in [0.717, 1.165) is 11.4 Å². The molecule has 0 bridgehead atoms. The third-order valence-corrected chi connectivity index (χ3v) is 2.60. The first kappa shape index (κ1) is 12.4. The highest BCUT2D eigenvalue weighted by molar-refractivity contribution is 6.35. The first-order valence-electron chi connectivity index (χ1n) is 5.46. The highest BCUT2D eigenvalue weighted by Gasteiger charge is 2.06. The fourth-order valence-electron chi connectivity index (χ4n) is 1.44. The van der Waals surface area contributed by atoms with Crippen molar-refractivity contribution >= 4 is 28.9 Å². The van der Waals surface area contributed by atoms with Crippen molar-refractivity contribution in [1.82, 2.24) is 9.97 Å². The van der Waals surface area contributed by atoms with Crippen molar-refractivity contribution in [3.8, 4) is 5.75 Å². The molecule has 0 aliphatic carbocycles. The van der Waals surface area contributed by atoms with Crippen molar-refractivity contribution in [3.63, 3.8) is 0 Å². The molecule has 0 radical (unpaired) electrons. The Balaban J connectivity index is 2.23. The van der Waals surface area contributed by atoms with Crippen LogP contribution in [0.4, 0.5) is 17.3 Å². The molecule has 1 aromatic carbocycles. The Morgan fingerprint density at radius 3 is 3.00 bits per heavy atom. The lowest BCUT2D eigenvalue weighted by Gasteiger charge is -2.09. The van der Waals surface area contributed by atoms with Crippen molar-refractivity contribution in [2.45, 2.75) is 6.92 Å². The molecule has 0 aliphatic heterocycles. The molecule has 0 saturated carbocycles. The number of benzene rings is 1. The van der Waals surface area contributed by atoms with Crippen LogP contribution in [0.1, 0.15) is 6.92 Å². The SMILES string of the molecule is CCOc1cccc(Nc2ncnc(N)c2Cl)c1. The summed E-state index contributed by atoms with van der Waals surface area (Å²) >= 11 is 6.00. The van der Waals surface area contributed by atoms with Crippen LogP contribution in [0.15, 0.2) is 30.6 Å². The van der Waals surface area contributed by atoms with Crippen molar-refractivity contribution < 1.29 is 4.74 Å². The van der Waals surface area contributed by atoms with Crippen molar-refractivity contribution in [2.24, 2.45) is 0 Å². The maximum absolute atomic E-state index is 6.00. The zero-order valence-corrected chi connectivity index (χ0v) is 10.6. The number of ether oxygens (including phenoxy) is 1. The summed E-state index contributed by atoms with van der Waals surface area (Å²) in [5.74, 6) is 1.49. The van der Waals surface area contributed by atoms with Crippen LogP contribution in [0.3, 0.4) is 0 Å². The van der Waals surface area contributed by atoms with Gasteiger partial charge >= 0.3 is 0 Å². The predicted molar refractivity (Wildman–Crippen MR) is 72.3 cm³/mol. The number of hydrogen-bond donors (Lipinski definition) is 2. The average molecular weight is 265 g/mol. The molecule has 0 aliphatic rings. The highest BCUT2D eigenvalue weighted by Crippen LogP contribution is 2.27. The second-order valence-corrected chi connectivity index (χ2v) is 3.89. The molecule has 1 aromatic heterocycles. The van der Waals surface area contributed by atoms with Gasteiger partial charge in [0.15, 0.2) is 5.82 Å². The average Bonchev–Trinajstić information content (AvgIpc) is 2.36. The highest BCUT2D eigenvalue weighted by atomic mass is 35.5. The van der Waals surface area contributed by atoms with Gasteiger partial charge in [0.05, 0.1) is 6.61 Å². The van der Waals surface area contributed by atoms with Gasteiger partial charge in [-0.05, 0) is 19.1 Å². The number of hydrogen-bond acceptors (Lipinski definition) is 5. The van der Waals surface area contributed by atoms with Gasteiger partial charge in [0, 0.05) is 11.8 Å². The Kier molecular flexibility index (Phi) is 3.84. The number of anilines is 3. The van der Waals surface area contributed by atoms with Crippen LogP contribution in [0.2, 0.25) is 5.02 Å². The Labute approximate surface area is 110 Å². The molecule has 0 amide bonds. The molecule has 5 nitrogen and oxygen atoms in total. The minimum atomic E-state index is 0.245. The van der Waals surface area contributed by atoms with Crippen LogP contribution < -0.4 is 15.8 Å². The normalized spacial score (nSPS) is 10.1. The molecule has 0 atom stereocenters. The van der Waals surface area contributed by atoms with Crippen molar-refractivity contribution in [3.05, 3.63) is 35.6 Å². The van der Waals surface area contributed by atoms with Crippen molar-refractivity contribution in [2.75, 3.05) is 17.7 Å². The summed E-state index contributed by atoms with van der Waals surface area (Å²) in [6, 6.07) is 7.51. The monoisotopic (exact) mass is 264 g/mol. The maximum Gasteiger partial charge on any atom is 0.154 e. The number of nitrogens with two attached hydrogens (primary N) is 1. The molecule has 2 rings (SSSR count). The van der Waals surface area contributed by atoms with E-state index in [2.05, 4.69) is 15.3 Å². The molecule has 3 N–H and O–H groups in total. The van der Waals surface area contributed by atoms with E-state index in [1.54, 1.807) is 0 Å². The quantitative estimate of drug-likeness (QED) is 0.888. The van der Waals surface area contributed by atoms with E-state index in [4.69, 9.17) is 22.1 Å². The fourth-order valence-corrected chi connectivity index (χ4v) is 1.58. The van der Waals surface area contributed by atoms with Gasteiger partial charge in [-0.2, -0.15) is 0 Å². The summed E-state index contributed by atoms with van der Waals surface area (Å²) in [6.07, 6.45) is 1.36. The summed E-state index contributed by atoms with van der Waals surface area (Å²) in [7, 11) is 0. The zero-order chi connectivity index (χ0) is 13.0. The Bertz CT molecular complexity index is 547. The minimum Gasteiger partial charge on any atom is -0.494 e. The van der Waals surface area contributed by atoms with Crippen molar-refractivity contribution in [1.29, 1.82) is 0 Å². The van der Waals surface area contributed by atoms with Gasteiger partial charge in [-0.25, -0.2) is 9.97 Å².